The molecule has 4 nitrogen and oxygen atoms in total. The normalized spacial score (nSPS) is 17.9. The lowest BCUT2D eigenvalue weighted by molar-refractivity contribution is -0.146. The van der Waals surface area contributed by atoms with Crippen LogP contribution in [0.5, 0.6) is 0 Å². The van der Waals surface area contributed by atoms with Crippen LogP contribution in [0, 0.1) is 18.8 Å². The molecule has 1 amide bonds. The highest BCUT2D eigenvalue weighted by Gasteiger charge is 2.32. The molecule has 0 bridgehead atoms. The fourth-order valence-electron chi connectivity index (χ4n) is 3.13. The Morgan fingerprint density at radius 1 is 1.29 bits per heavy atom. The number of hydrogen-bond acceptors (Lipinski definition) is 3. The lowest BCUT2D eigenvalue weighted by atomic mass is 9.88. The number of nitrogens with zero attached hydrogens (tertiary/aromatic N) is 1. The van der Waals surface area contributed by atoms with Crippen molar-refractivity contribution >= 4 is 29.1 Å². The molecule has 2 rings (SSSR count). The predicted molar refractivity (Wildman–Crippen MR) is 94.3 cm³/mol. The lowest BCUT2D eigenvalue weighted by Gasteiger charge is -2.32. The zero-order chi connectivity index (χ0) is 17.9. The average molecular weight is 350 g/mol. The molecule has 1 heterocycles. The van der Waals surface area contributed by atoms with Gasteiger partial charge in [-0.3, -0.25) is 14.4 Å². The number of Topliss-reactive ketones (excluding diaryl/α,β-unsaturated/α-hetero) is 2. The average Bonchev–Trinajstić information content (AvgIpc) is 2.53. The monoisotopic (exact) mass is 349 g/mol. The highest BCUT2D eigenvalue weighted by Crippen LogP contribution is 2.24. The van der Waals surface area contributed by atoms with E-state index in [-0.39, 0.29) is 29.8 Å². The van der Waals surface area contributed by atoms with Crippen molar-refractivity contribution in [1.82, 2.24) is 4.90 Å². The first-order valence-corrected chi connectivity index (χ1v) is 8.80. The molecule has 1 aliphatic heterocycles. The third-order valence-electron chi connectivity index (χ3n) is 4.37. The van der Waals surface area contributed by atoms with Crippen molar-refractivity contribution in [2.45, 2.75) is 40.0 Å². The van der Waals surface area contributed by atoms with Crippen LogP contribution in [0.25, 0.3) is 0 Å². The Bertz CT molecular complexity index is 654. The first-order valence-electron chi connectivity index (χ1n) is 8.42. The van der Waals surface area contributed by atoms with E-state index in [2.05, 4.69) is 0 Å². The van der Waals surface area contributed by atoms with Gasteiger partial charge >= 0.3 is 0 Å². The van der Waals surface area contributed by atoms with E-state index >= 15 is 0 Å². The molecule has 5 heteroatoms. The van der Waals surface area contributed by atoms with Gasteiger partial charge in [-0.1, -0.05) is 25.4 Å². The number of piperidine rings is 1. The summed E-state index contributed by atoms with van der Waals surface area (Å²) in [5, 5.41) is 0.601. The van der Waals surface area contributed by atoms with Gasteiger partial charge in [0.2, 0.25) is 5.78 Å². The van der Waals surface area contributed by atoms with Crippen molar-refractivity contribution in [3.63, 3.8) is 0 Å². The highest BCUT2D eigenvalue weighted by atomic mass is 35.5. The van der Waals surface area contributed by atoms with Gasteiger partial charge in [0.25, 0.3) is 5.91 Å². The summed E-state index contributed by atoms with van der Waals surface area (Å²) in [5.41, 5.74) is 1.49. The molecule has 1 fully saturated rings. The lowest BCUT2D eigenvalue weighted by Crippen LogP contribution is -2.45. The van der Waals surface area contributed by atoms with E-state index in [1.165, 1.54) is 0 Å². The number of carbonyl (C=O) groups excluding carboxylic acids is 3. The number of halogens is 1. The molecule has 0 radical (unpaired) electrons. The second kappa shape index (κ2) is 7.93. The molecule has 1 aliphatic rings. The van der Waals surface area contributed by atoms with Gasteiger partial charge in [-0.15, -0.1) is 0 Å². The van der Waals surface area contributed by atoms with E-state index in [1.54, 1.807) is 23.1 Å². The van der Waals surface area contributed by atoms with Gasteiger partial charge in [0.1, 0.15) is 0 Å². The van der Waals surface area contributed by atoms with E-state index in [4.69, 9.17) is 11.6 Å². The van der Waals surface area contributed by atoms with E-state index in [1.807, 2.05) is 20.8 Å². The molecule has 24 heavy (non-hydrogen) atoms. The molecule has 0 saturated carbocycles. The van der Waals surface area contributed by atoms with E-state index in [9.17, 15) is 14.4 Å². The topological polar surface area (TPSA) is 54.5 Å². The fraction of sp³-hybridized carbons (Fsp3) is 0.526. The van der Waals surface area contributed by atoms with Crippen molar-refractivity contribution < 1.29 is 14.4 Å². The van der Waals surface area contributed by atoms with E-state index in [0.29, 0.717) is 23.7 Å². The van der Waals surface area contributed by atoms with Gasteiger partial charge in [-0.05, 0) is 49.4 Å². The fourth-order valence-corrected chi connectivity index (χ4v) is 3.36. The van der Waals surface area contributed by atoms with Crippen LogP contribution in [0.2, 0.25) is 5.02 Å². The van der Waals surface area contributed by atoms with E-state index < -0.39 is 5.91 Å². The molecule has 1 aromatic rings. The predicted octanol–water partition coefficient (Wildman–Crippen LogP) is 3.68. The molecule has 1 saturated heterocycles. The van der Waals surface area contributed by atoms with Crippen LogP contribution >= 0.6 is 11.6 Å². The van der Waals surface area contributed by atoms with Crippen LogP contribution in [0.1, 0.15) is 49.0 Å². The summed E-state index contributed by atoms with van der Waals surface area (Å²) in [6, 6.07) is 5.22. The summed E-state index contributed by atoms with van der Waals surface area (Å²) in [6.07, 6.45) is 1.73. The van der Waals surface area contributed by atoms with Crippen molar-refractivity contribution in [1.29, 1.82) is 0 Å². The summed E-state index contributed by atoms with van der Waals surface area (Å²) in [4.78, 5) is 38.6. The maximum absolute atomic E-state index is 12.8. The zero-order valence-electron chi connectivity index (χ0n) is 14.5. The van der Waals surface area contributed by atoms with Crippen molar-refractivity contribution in [2.24, 2.45) is 11.8 Å². The SMILES string of the molecule is Cc1cc(Cl)ccc1C(=O)C1CCCN(C(=O)C(=O)CC(C)C)C1. The zero-order valence-corrected chi connectivity index (χ0v) is 15.2. The minimum atomic E-state index is -0.450. The molecule has 1 unspecified atom stereocenters. The minimum Gasteiger partial charge on any atom is -0.335 e. The van der Waals surface area contributed by atoms with Gasteiger partial charge in [-0.25, -0.2) is 0 Å². The second-order valence-corrected chi connectivity index (χ2v) is 7.37. The highest BCUT2D eigenvalue weighted by molar-refractivity contribution is 6.36. The first-order chi connectivity index (χ1) is 11.3. The Hall–Kier alpha value is -1.68. The second-order valence-electron chi connectivity index (χ2n) is 6.93. The maximum Gasteiger partial charge on any atom is 0.289 e. The van der Waals surface area contributed by atoms with Crippen LogP contribution in [0.4, 0.5) is 0 Å². The van der Waals surface area contributed by atoms with Crippen LogP contribution in [0.15, 0.2) is 18.2 Å². The Morgan fingerprint density at radius 2 is 2.00 bits per heavy atom. The molecule has 0 N–H and O–H groups in total. The molecule has 1 atom stereocenters. The number of carbonyl (C=O) groups is 3. The van der Waals surface area contributed by atoms with Crippen LogP contribution in [0.3, 0.4) is 0 Å². The number of ketones is 2. The number of amides is 1. The molecule has 1 aromatic carbocycles. The Balaban J connectivity index is 2.08. The Morgan fingerprint density at radius 3 is 2.62 bits per heavy atom. The van der Waals surface area contributed by atoms with Crippen LogP contribution in [-0.2, 0) is 9.59 Å². The molecule has 0 aliphatic carbocycles. The van der Waals surface area contributed by atoms with Gasteiger partial charge in [0.05, 0.1) is 0 Å². The summed E-state index contributed by atoms with van der Waals surface area (Å²) in [7, 11) is 0. The standard InChI is InChI=1S/C19H24ClNO3/c1-12(2)9-17(22)19(24)21-8-4-5-14(11-21)18(23)16-7-6-15(20)10-13(16)3/h6-7,10,12,14H,4-5,8-9,11H2,1-3H3. The quantitative estimate of drug-likeness (QED) is 0.601. The number of rotatable bonds is 5. The summed E-state index contributed by atoms with van der Waals surface area (Å²) in [5.74, 6) is -0.886. The van der Waals surface area contributed by atoms with Gasteiger partial charge in [0, 0.05) is 36.0 Å². The molecule has 130 valence electrons. The largest absolute Gasteiger partial charge is 0.335 e. The third-order valence-corrected chi connectivity index (χ3v) is 4.60. The molecule has 0 spiro atoms. The van der Waals surface area contributed by atoms with Crippen LogP contribution < -0.4 is 0 Å². The molecule has 0 aromatic heterocycles. The number of aryl methyl sites for hydroxylation is 1. The maximum atomic E-state index is 12.8. The van der Waals surface area contributed by atoms with E-state index in [0.717, 1.165) is 18.4 Å². The van der Waals surface area contributed by atoms with Crippen molar-refractivity contribution in [3.05, 3.63) is 34.3 Å². The molecular weight excluding hydrogens is 326 g/mol. The summed E-state index contributed by atoms with van der Waals surface area (Å²) < 4.78 is 0. The Labute approximate surface area is 148 Å². The summed E-state index contributed by atoms with van der Waals surface area (Å²) >= 11 is 5.95. The Kier molecular flexibility index (Phi) is 6.16. The third kappa shape index (κ3) is 4.44. The number of benzene rings is 1. The van der Waals surface area contributed by atoms with Crippen LogP contribution in [-0.4, -0.2) is 35.5 Å². The number of hydrogen-bond donors (Lipinski definition) is 0. The molecular formula is C19H24ClNO3. The van der Waals surface area contributed by atoms with Gasteiger partial charge in [0.15, 0.2) is 5.78 Å². The van der Waals surface area contributed by atoms with Gasteiger partial charge in [-0.2, -0.15) is 0 Å². The van der Waals surface area contributed by atoms with Gasteiger partial charge < -0.3 is 4.90 Å². The smallest absolute Gasteiger partial charge is 0.289 e. The van der Waals surface area contributed by atoms with Crippen molar-refractivity contribution in [3.8, 4) is 0 Å². The minimum absolute atomic E-state index is 0.0259. The summed E-state index contributed by atoms with van der Waals surface area (Å²) in [6.45, 7) is 6.56. The first kappa shape index (κ1) is 18.7. The number of likely N-dealkylation sites (tertiary alicyclic amines) is 1. The van der Waals surface area contributed by atoms with Crippen molar-refractivity contribution in [2.75, 3.05) is 13.1 Å².